The molecule has 2 aliphatic rings. The van der Waals surface area contributed by atoms with E-state index >= 15 is 0 Å². The molecule has 0 spiro atoms. The maximum atomic E-state index is 13.2. The molecule has 1 aromatic heterocycles. The summed E-state index contributed by atoms with van der Waals surface area (Å²) in [6, 6.07) is 8.32. The Morgan fingerprint density at radius 3 is 2.68 bits per heavy atom. The SMILES string of the molecule is O=C(CCl)NC1CC2CCCC(C1)N2C(=O)c1nsc2ccccc12. The molecule has 1 N–H and O–H groups in total. The van der Waals surface area contributed by atoms with Crippen LogP contribution in [0.15, 0.2) is 24.3 Å². The number of aromatic nitrogens is 1. The van der Waals surface area contributed by atoms with E-state index in [1.165, 1.54) is 11.5 Å². The van der Waals surface area contributed by atoms with Crippen LogP contribution in [0, 0.1) is 0 Å². The number of nitrogens with zero attached hydrogens (tertiary/aromatic N) is 2. The van der Waals surface area contributed by atoms with Crippen LogP contribution in [0.4, 0.5) is 0 Å². The van der Waals surface area contributed by atoms with Crippen LogP contribution in [0.5, 0.6) is 0 Å². The average Bonchev–Trinajstić information content (AvgIpc) is 3.04. The first kappa shape index (κ1) is 16.8. The maximum absolute atomic E-state index is 13.2. The lowest BCUT2D eigenvalue weighted by atomic mass is 9.81. The van der Waals surface area contributed by atoms with Gasteiger partial charge in [0.25, 0.3) is 5.91 Å². The zero-order chi connectivity index (χ0) is 17.4. The number of benzene rings is 1. The Morgan fingerprint density at radius 2 is 1.96 bits per heavy atom. The van der Waals surface area contributed by atoms with E-state index in [1.54, 1.807) is 0 Å². The summed E-state index contributed by atoms with van der Waals surface area (Å²) in [6.07, 6.45) is 4.70. The van der Waals surface area contributed by atoms with E-state index in [4.69, 9.17) is 11.6 Å². The summed E-state index contributed by atoms with van der Waals surface area (Å²) in [5.74, 6) is -0.108. The van der Waals surface area contributed by atoms with E-state index in [9.17, 15) is 9.59 Å². The van der Waals surface area contributed by atoms with Crippen LogP contribution in [0.25, 0.3) is 10.1 Å². The van der Waals surface area contributed by atoms with E-state index in [1.807, 2.05) is 29.2 Å². The lowest BCUT2D eigenvalue weighted by Gasteiger charge is -2.48. The Hall–Kier alpha value is -1.66. The molecule has 2 saturated heterocycles. The van der Waals surface area contributed by atoms with Crippen molar-refractivity contribution >= 4 is 45.0 Å². The van der Waals surface area contributed by atoms with Gasteiger partial charge < -0.3 is 10.2 Å². The van der Waals surface area contributed by atoms with Crippen molar-refractivity contribution in [2.24, 2.45) is 0 Å². The van der Waals surface area contributed by atoms with Gasteiger partial charge in [-0.1, -0.05) is 18.2 Å². The summed E-state index contributed by atoms with van der Waals surface area (Å²) in [5.41, 5.74) is 0.570. The van der Waals surface area contributed by atoms with Gasteiger partial charge in [0.1, 0.15) is 11.6 Å². The zero-order valence-corrected chi connectivity index (χ0v) is 15.4. The van der Waals surface area contributed by atoms with E-state index in [0.29, 0.717) is 5.69 Å². The molecule has 0 aliphatic carbocycles. The fraction of sp³-hybridized carbons (Fsp3) is 0.500. The number of hydrogen-bond acceptors (Lipinski definition) is 4. The number of halogens is 1. The zero-order valence-electron chi connectivity index (χ0n) is 13.8. The second-order valence-electron chi connectivity index (χ2n) is 6.85. The lowest BCUT2D eigenvalue weighted by Crippen LogP contribution is -2.59. The van der Waals surface area contributed by atoms with Crippen LogP contribution < -0.4 is 5.32 Å². The van der Waals surface area contributed by atoms with Crippen molar-refractivity contribution in [3.8, 4) is 0 Å². The predicted molar refractivity (Wildman–Crippen MR) is 99.1 cm³/mol. The number of hydrogen-bond donors (Lipinski definition) is 1. The first-order chi connectivity index (χ1) is 12.2. The summed E-state index contributed by atoms with van der Waals surface area (Å²) in [7, 11) is 0. The number of alkyl halides is 1. The highest BCUT2D eigenvalue weighted by molar-refractivity contribution is 7.13. The summed E-state index contributed by atoms with van der Waals surface area (Å²) in [6.45, 7) is 0. The largest absolute Gasteiger partial charge is 0.352 e. The second kappa shape index (κ2) is 6.92. The van der Waals surface area contributed by atoms with Gasteiger partial charge in [-0.15, -0.1) is 11.6 Å². The molecule has 1 aromatic carbocycles. The molecular formula is C18H20ClN3O2S. The van der Waals surface area contributed by atoms with Gasteiger partial charge in [-0.2, -0.15) is 4.37 Å². The van der Waals surface area contributed by atoms with Crippen LogP contribution >= 0.6 is 23.1 Å². The molecule has 2 aromatic rings. The number of piperidine rings is 2. The standard InChI is InChI=1S/C18H20ClN3O2S/c19-10-16(23)20-11-8-12-4-3-5-13(9-11)22(12)18(24)17-14-6-1-2-7-15(14)25-21-17/h1-2,6-7,11-13H,3-5,8-10H2,(H,20,23). The fourth-order valence-corrected chi connectivity index (χ4v) is 5.11. The molecule has 7 heteroatoms. The van der Waals surface area contributed by atoms with Crippen LogP contribution in [0.1, 0.15) is 42.6 Å². The van der Waals surface area contributed by atoms with E-state index in [2.05, 4.69) is 9.69 Å². The van der Waals surface area contributed by atoms with Gasteiger partial charge in [-0.25, -0.2) is 0 Å². The van der Waals surface area contributed by atoms with Gasteiger partial charge in [0.2, 0.25) is 5.91 Å². The second-order valence-corrected chi connectivity index (χ2v) is 7.92. The number of carbonyl (C=O) groups excluding carboxylic acids is 2. The quantitative estimate of drug-likeness (QED) is 0.835. The highest BCUT2D eigenvalue weighted by Crippen LogP contribution is 2.36. The monoisotopic (exact) mass is 377 g/mol. The molecule has 5 nitrogen and oxygen atoms in total. The molecule has 2 aliphatic heterocycles. The molecular weight excluding hydrogens is 358 g/mol. The first-order valence-electron chi connectivity index (χ1n) is 8.69. The summed E-state index contributed by atoms with van der Waals surface area (Å²) in [5, 5.41) is 3.94. The van der Waals surface area contributed by atoms with Crippen molar-refractivity contribution < 1.29 is 9.59 Å². The molecule has 132 valence electrons. The van der Waals surface area contributed by atoms with E-state index in [-0.39, 0.29) is 35.8 Å². The van der Waals surface area contributed by atoms with Gasteiger partial charge in [0.05, 0.1) is 4.70 Å². The van der Waals surface area contributed by atoms with Crippen molar-refractivity contribution in [2.45, 2.75) is 50.2 Å². The molecule has 4 rings (SSSR count). The van der Waals surface area contributed by atoms with Gasteiger partial charge >= 0.3 is 0 Å². The lowest BCUT2D eigenvalue weighted by molar-refractivity contribution is -0.120. The molecule has 0 radical (unpaired) electrons. The van der Waals surface area contributed by atoms with Gasteiger partial charge in [-0.3, -0.25) is 9.59 Å². The molecule has 2 fully saturated rings. The molecule has 2 unspecified atom stereocenters. The molecule has 25 heavy (non-hydrogen) atoms. The van der Waals surface area contributed by atoms with Gasteiger partial charge in [0.15, 0.2) is 0 Å². The van der Waals surface area contributed by atoms with Crippen LogP contribution in [0.2, 0.25) is 0 Å². The Labute approximate surface area is 155 Å². The third-order valence-corrected chi connectivity index (χ3v) is 6.34. The van der Waals surface area contributed by atoms with Crippen molar-refractivity contribution in [1.29, 1.82) is 0 Å². The van der Waals surface area contributed by atoms with Crippen LogP contribution in [-0.4, -0.2) is 45.1 Å². The van der Waals surface area contributed by atoms with Crippen molar-refractivity contribution in [3.63, 3.8) is 0 Å². The molecule has 0 saturated carbocycles. The minimum atomic E-state index is -0.130. The molecule has 2 bridgehead atoms. The number of amides is 2. The first-order valence-corrected chi connectivity index (χ1v) is 10.0. The Kier molecular flexibility index (Phi) is 4.65. The smallest absolute Gasteiger partial charge is 0.274 e. The third-order valence-electron chi connectivity index (χ3n) is 5.28. The summed E-state index contributed by atoms with van der Waals surface area (Å²) >= 11 is 6.99. The molecule has 3 heterocycles. The maximum Gasteiger partial charge on any atom is 0.274 e. The fourth-order valence-electron chi connectivity index (χ4n) is 4.26. The minimum Gasteiger partial charge on any atom is -0.352 e. The number of nitrogens with one attached hydrogen (secondary N) is 1. The Bertz CT molecular complexity index is 794. The predicted octanol–water partition coefficient (Wildman–Crippen LogP) is 3.18. The molecule has 2 amide bonds. The highest BCUT2D eigenvalue weighted by atomic mass is 35.5. The van der Waals surface area contributed by atoms with E-state index in [0.717, 1.165) is 42.2 Å². The third kappa shape index (κ3) is 3.13. The minimum absolute atomic E-state index is 0.0146. The van der Waals surface area contributed by atoms with Crippen LogP contribution in [0.3, 0.4) is 0 Å². The number of fused-ring (bicyclic) bond motifs is 3. The Morgan fingerprint density at radius 1 is 1.24 bits per heavy atom. The summed E-state index contributed by atoms with van der Waals surface area (Å²) in [4.78, 5) is 26.9. The van der Waals surface area contributed by atoms with Gasteiger partial charge in [-0.05, 0) is 49.7 Å². The molecule has 2 atom stereocenters. The van der Waals surface area contributed by atoms with Crippen molar-refractivity contribution in [2.75, 3.05) is 5.88 Å². The van der Waals surface area contributed by atoms with Crippen molar-refractivity contribution in [3.05, 3.63) is 30.0 Å². The van der Waals surface area contributed by atoms with Gasteiger partial charge in [0, 0.05) is 23.5 Å². The Balaban J connectivity index is 1.58. The number of carbonyl (C=O) groups is 2. The van der Waals surface area contributed by atoms with Crippen LogP contribution in [-0.2, 0) is 4.79 Å². The van der Waals surface area contributed by atoms with E-state index < -0.39 is 0 Å². The number of rotatable bonds is 3. The topological polar surface area (TPSA) is 62.3 Å². The summed E-state index contributed by atoms with van der Waals surface area (Å²) < 4.78 is 5.48. The van der Waals surface area contributed by atoms with Crippen molar-refractivity contribution in [1.82, 2.24) is 14.6 Å². The highest BCUT2D eigenvalue weighted by Gasteiger charge is 2.42. The normalized spacial score (nSPS) is 25.8. The average molecular weight is 378 g/mol.